The first-order valence-corrected chi connectivity index (χ1v) is 9.13. The lowest BCUT2D eigenvalue weighted by Gasteiger charge is -2.27. The molecule has 1 rings (SSSR count). The topological polar surface area (TPSA) is 21.8 Å². The monoisotopic (exact) mass is 350 g/mol. The van der Waals surface area contributed by atoms with Gasteiger partial charge in [0, 0.05) is 18.8 Å². The van der Waals surface area contributed by atoms with Crippen LogP contribution in [0.5, 0.6) is 0 Å². The van der Waals surface area contributed by atoms with Crippen LogP contribution >= 0.6 is 12.2 Å². The van der Waals surface area contributed by atoms with Crippen molar-refractivity contribution in [2.24, 2.45) is 0 Å². The third-order valence-corrected chi connectivity index (χ3v) is 4.56. The van der Waals surface area contributed by atoms with Crippen LogP contribution in [0.2, 0.25) is 0 Å². The Labute approximate surface area is 153 Å². The Bertz CT molecular complexity index is 500. The molecule has 0 saturated carbocycles. The van der Waals surface area contributed by atoms with Crippen LogP contribution in [0.4, 0.5) is 5.69 Å². The Morgan fingerprint density at radius 3 is 1.96 bits per heavy atom. The number of hydrogen-bond donors (Lipinski definition) is 1. The fourth-order valence-corrected chi connectivity index (χ4v) is 2.84. The molecule has 0 aliphatic rings. The molecule has 0 radical (unpaired) electrons. The Hall–Kier alpha value is -1.17. The van der Waals surface area contributed by atoms with E-state index in [0.717, 1.165) is 49.8 Å². The highest BCUT2D eigenvalue weighted by Crippen LogP contribution is 2.18. The molecule has 0 atom stereocenters. The zero-order chi connectivity index (χ0) is 18.1. The van der Waals surface area contributed by atoms with Gasteiger partial charge in [-0.1, -0.05) is 12.1 Å². The molecular weight excluding hydrogens is 316 g/mol. The van der Waals surface area contributed by atoms with Gasteiger partial charge in [0.2, 0.25) is 0 Å². The van der Waals surface area contributed by atoms with E-state index in [2.05, 4.69) is 80.3 Å². The molecular formula is C19H34N4S. The number of aryl methyl sites for hydroxylation is 1. The molecule has 1 aromatic rings. The highest BCUT2D eigenvalue weighted by Gasteiger charge is 2.11. The number of nitrogens with one attached hydrogen (secondary N) is 1. The molecule has 0 unspecified atom stereocenters. The lowest BCUT2D eigenvalue weighted by atomic mass is 10.1. The molecule has 1 N–H and O–H groups in total. The van der Waals surface area contributed by atoms with Gasteiger partial charge >= 0.3 is 0 Å². The molecule has 136 valence electrons. The van der Waals surface area contributed by atoms with Crippen molar-refractivity contribution in [2.75, 3.05) is 59.7 Å². The number of rotatable bonds is 9. The van der Waals surface area contributed by atoms with Crippen LogP contribution in [0.1, 0.15) is 24.0 Å². The molecule has 0 aliphatic heterocycles. The molecule has 4 nitrogen and oxygen atoms in total. The van der Waals surface area contributed by atoms with Crippen molar-refractivity contribution in [3.63, 3.8) is 0 Å². The van der Waals surface area contributed by atoms with E-state index in [0.29, 0.717) is 0 Å². The van der Waals surface area contributed by atoms with Crippen LogP contribution in [0.15, 0.2) is 18.2 Å². The summed E-state index contributed by atoms with van der Waals surface area (Å²) in [5, 5.41) is 4.29. The minimum atomic E-state index is 0.834. The summed E-state index contributed by atoms with van der Waals surface area (Å²) in [6.07, 6.45) is 2.23. The molecule has 0 aromatic heterocycles. The lowest BCUT2D eigenvalue weighted by molar-refractivity contribution is 0.325. The van der Waals surface area contributed by atoms with Gasteiger partial charge in [-0.15, -0.1) is 0 Å². The molecule has 0 aliphatic carbocycles. The van der Waals surface area contributed by atoms with Crippen molar-refractivity contribution in [3.05, 3.63) is 29.3 Å². The Morgan fingerprint density at radius 2 is 1.46 bits per heavy atom. The van der Waals surface area contributed by atoms with Crippen molar-refractivity contribution in [1.29, 1.82) is 0 Å². The predicted molar refractivity (Wildman–Crippen MR) is 110 cm³/mol. The minimum absolute atomic E-state index is 0.834. The average molecular weight is 351 g/mol. The number of nitrogens with zero attached hydrogens (tertiary/aromatic N) is 3. The second-order valence-corrected chi connectivity index (χ2v) is 7.37. The molecule has 0 saturated heterocycles. The Kier molecular flexibility index (Phi) is 9.26. The third-order valence-electron chi connectivity index (χ3n) is 4.20. The highest BCUT2D eigenvalue weighted by molar-refractivity contribution is 7.80. The van der Waals surface area contributed by atoms with Gasteiger partial charge in [-0.25, -0.2) is 0 Å². The van der Waals surface area contributed by atoms with Gasteiger partial charge in [-0.2, -0.15) is 0 Å². The first-order valence-electron chi connectivity index (χ1n) is 8.73. The Balaban J connectivity index is 2.68. The van der Waals surface area contributed by atoms with Gasteiger partial charge in [0.15, 0.2) is 5.11 Å². The Morgan fingerprint density at radius 1 is 0.917 bits per heavy atom. The zero-order valence-electron chi connectivity index (χ0n) is 16.2. The van der Waals surface area contributed by atoms with Gasteiger partial charge in [0.25, 0.3) is 0 Å². The number of hydrogen-bond acceptors (Lipinski definition) is 3. The maximum absolute atomic E-state index is 5.71. The minimum Gasteiger partial charge on any atom is -0.349 e. The van der Waals surface area contributed by atoms with E-state index < -0.39 is 0 Å². The van der Waals surface area contributed by atoms with Crippen molar-refractivity contribution in [2.45, 2.75) is 26.7 Å². The fraction of sp³-hybridized carbons (Fsp3) is 0.632. The van der Waals surface area contributed by atoms with E-state index in [4.69, 9.17) is 12.2 Å². The van der Waals surface area contributed by atoms with Crippen LogP contribution in [0, 0.1) is 13.8 Å². The highest BCUT2D eigenvalue weighted by atomic mass is 32.1. The molecule has 5 heteroatoms. The van der Waals surface area contributed by atoms with Gasteiger partial charge < -0.3 is 20.0 Å². The van der Waals surface area contributed by atoms with Crippen LogP contribution in [0.25, 0.3) is 0 Å². The van der Waals surface area contributed by atoms with E-state index in [-0.39, 0.29) is 0 Å². The summed E-state index contributed by atoms with van der Waals surface area (Å²) in [5.74, 6) is 0. The summed E-state index contributed by atoms with van der Waals surface area (Å²) in [6.45, 7) is 8.41. The fourth-order valence-electron chi connectivity index (χ4n) is 2.55. The zero-order valence-corrected chi connectivity index (χ0v) is 17.0. The summed E-state index contributed by atoms with van der Waals surface area (Å²) in [6, 6.07) is 6.32. The summed E-state index contributed by atoms with van der Waals surface area (Å²) in [4.78, 5) is 6.75. The number of thiocarbonyl (C=S) groups is 1. The summed E-state index contributed by atoms with van der Waals surface area (Å²) < 4.78 is 0. The molecule has 0 spiro atoms. The first kappa shape index (κ1) is 20.9. The van der Waals surface area contributed by atoms with Crippen molar-refractivity contribution in [3.8, 4) is 0 Å². The lowest BCUT2D eigenvalue weighted by Crippen LogP contribution is -2.38. The van der Waals surface area contributed by atoms with Crippen molar-refractivity contribution < 1.29 is 0 Å². The molecule has 24 heavy (non-hydrogen) atoms. The second kappa shape index (κ2) is 10.6. The van der Waals surface area contributed by atoms with E-state index in [9.17, 15) is 0 Å². The van der Waals surface area contributed by atoms with E-state index in [1.165, 1.54) is 11.1 Å². The van der Waals surface area contributed by atoms with E-state index >= 15 is 0 Å². The van der Waals surface area contributed by atoms with Gasteiger partial charge in [-0.3, -0.25) is 0 Å². The van der Waals surface area contributed by atoms with Gasteiger partial charge in [0.05, 0.1) is 0 Å². The van der Waals surface area contributed by atoms with Gasteiger partial charge in [0.1, 0.15) is 0 Å². The second-order valence-electron chi connectivity index (χ2n) is 6.98. The van der Waals surface area contributed by atoms with E-state index in [1.807, 2.05) is 0 Å². The van der Waals surface area contributed by atoms with Gasteiger partial charge in [-0.05, 0) is 97.4 Å². The maximum Gasteiger partial charge on any atom is 0.173 e. The smallest absolute Gasteiger partial charge is 0.173 e. The molecule has 0 heterocycles. The number of anilines is 1. The average Bonchev–Trinajstić information content (AvgIpc) is 2.49. The quantitative estimate of drug-likeness (QED) is 0.689. The van der Waals surface area contributed by atoms with Crippen LogP contribution in [0.3, 0.4) is 0 Å². The summed E-state index contributed by atoms with van der Waals surface area (Å²) in [7, 11) is 8.46. The molecule has 0 fully saturated rings. The van der Waals surface area contributed by atoms with Crippen LogP contribution in [-0.4, -0.2) is 74.2 Å². The van der Waals surface area contributed by atoms with Crippen molar-refractivity contribution >= 4 is 23.0 Å². The summed E-state index contributed by atoms with van der Waals surface area (Å²) >= 11 is 5.71. The SMILES string of the molecule is Cc1cccc(NC(=S)N(CCCN(C)C)CCCN(C)C)c1C. The predicted octanol–water partition coefficient (Wildman–Crippen LogP) is 3.21. The van der Waals surface area contributed by atoms with Crippen LogP contribution < -0.4 is 5.32 Å². The third kappa shape index (κ3) is 7.60. The standard InChI is InChI=1S/C19H34N4S/c1-16-10-7-11-18(17(16)2)20-19(24)23(14-8-12-21(3)4)15-9-13-22(5)6/h7,10-11H,8-9,12-15H2,1-6H3,(H,20,24). The number of benzene rings is 1. The molecule has 0 bridgehead atoms. The van der Waals surface area contributed by atoms with Crippen LogP contribution in [-0.2, 0) is 0 Å². The summed E-state index contributed by atoms with van der Waals surface area (Å²) in [5.41, 5.74) is 3.67. The first-order chi connectivity index (χ1) is 11.3. The normalized spacial score (nSPS) is 11.2. The van der Waals surface area contributed by atoms with Crippen molar-refractivity contribution in [1.82, 2.24) is 14.7 Å². The van der Waals surface area contributed by atoms with E-state index in [1.54, 1.807) is 0 Å². The molecule has 1 aromatic carbocycles. The largest absolute Gasteiger partial charge is 0.349 e. The maximum atomic E-state index is 5.71. The molecule has 0 amide bonds.